The standard InChI is InChI=1S/C13H24N2O5S/c1-8(2)7-11(14-21(4,19)20)12(16)15-6-5-10(9(15)3)13(17)18/h8-11,14H,5-7H2,1-4H3,(H,17,18). The zero-order valence-corrected chi connectivity index (χ0v) is 13.7. The van der Waals surface area contributed by atoms with E-state index in [-0.39, 0.29) is 11.8 Å². The minimum absolute atomic E-state index is 0.140. The Morgan fingerprint density at radius 2 is 1.95 bits per heavy atom. The van der Waals surface area contributed by atoms with Gasteiger partial charge in [-0.1, -0.05) is 13.8 Å². The number of carboxylic acid groups (broad SMARTS) is 1. The SMILES string of the molecule is CC(C)CC(NS(C)(=O)=O)C(=O)N1CCC(C(=O)O)C1C. The van der Waals surface area contributed by atoms with Gasteiger partial charge >= 0.3 is 5.97 Å². The van der Waals surface area contributed by atoms with Gasteiger partial charge in [0.15, 0.2) is 0 Å². The predicted molar refractivity (Wildman–Crippen MR) is 78.1 cm³/mol. The molecule has 0 radical (unpaired) electrons. The Balaban J connectivity index is 2.88. The molecule has 1 fully saturated rings. The fourth-order valence-electron chi connectivity index (χ4n) is 2.71. The van der Waals surface area contributed by atoms with Crippen molar-refractivity contribution >= 4 is 21.9 Å². The largest absolute Gasteiger partial charge is 0.481 e. The van der Waals surface area contributed by atoms with Gasteiger partial charge in [-0.2, -0.15) is 0 Å². The smallest absolute Gasteiger partial charge is 0.308 e. The summed E-state index contributed by atoms with van der Waals surface area (Å²) in [4.78, 5) is 25.1. The Morgan fingerprint density at radius 3 is 2.33 bits per heavy atom. The third-order valence-electron chi connectivity index (χ3n) is 3.72. The number of amides is 1. The highest BCUT2D eigenvalue weighted by Gasteiger charge is 2.40. The number of rotatable bonds is 6. The molecule has 3 atom stereocenters. The molecule has 8 heteroatoms. The molecule has 1 saturated heterocycles. The molecule has 0 aliphatic carbocycles. The zero-order chi connectivity index (χ0) is 16.4. The normalized spacial score (nSPS) is 24.3. The van der Waals surface area contributed by atoms with Crippen molar-refractivity contribution in [1.29, 1.82) is 0 Å². The van der Waals surface area contributed by atoms with Crippen LogP contribution in [0.5, 0.6) is 0 Å². The molecule has 1 aliphatic heterocycles. The molecule has 0 bridgehead atoms. The fourth-order valence-corrected chi connectivity index (χ4v) is 3.42. The molecule has 1 heterocycles. The summed E-state index contributed by atoms with van der Waals surface area (Å²) in [5, 5.41) is 9.10. The van der Waals surface area contributed by atoms with Crippen LogP contribution in [0.4, 0.5) is 0 Å². The van der Waals surface area contributed by atoms with Crippen molar-refractivity contribution in [3.8, 4) is 0 Å². The van der Waals surface area contributed by atoms with Crippen molar-refractivity contribution < 1.29 is 23.1 Å². The van der Waals surface area contributed by atoms with Gasteiger partial charge in [-0.3, -0.25) is 9.59 Å². The molecule has 0 saturated carbocycles. The Labute approximate surface area is 125 Å². The first-order valence-corrected chi connectivity index (χ1v) is 8.92. The van der Waals surface area contributed by atoms with Crippen molar-refractivity contribution in [3.63, 3.8) is 0 Å². The van der Waals surface area contributed by atoms with Crippen molar-refractivity contribution in [2.45, 2.75) is 45.7 Å². The van der Waals surface area contributed by atoms with E-state index in [1.54, 1.807) is 6.92 Å². The van der Waals surface area contributed by atoms with Crippen LogP contribution in [-0.4, -0.2) is 55.2 Å². The van der Waals surface area contributed by atoms with Gasteiger partial charge in [-0.15, -0.1) is 0 Å². The first-order chi connectivity index (χ1) is 9.53. The molecule has 0 aromatic heterocycles. The van der Waals surface area contributed by atoms with Crippen LogP contribution in [0.1, 0.15) is 33.6 Å². The first kappa shape index (κ1) is 17.9. The molecule has 122 valence electrons. The van der Waals surface area contributed by atoms with E-state index in [0.717, 1.165) is 6.26 Å². The van der Waals surface area contributed by atoms with E-state index in [1.165, 1.54) is 4.90 Å². The number of hydrogen-bond donors (Lipinski definition) is 2. The van der Waals surface area contributed by atoms with Crippen LogP contribution < -0.4 is 4.72 Å². The summed E-state index contributed by atoms with van der Waals surface area (Å²) in [7, 11) is -3.50. The molecule has 0 aromatic carbocycles. The highest BCUT2D eigenvalue weighted by atomic mass is 32.2. The Hall–Kier alpha value is -1.15. The summed E-state index contributed by atoms with van der Waals surface area (Å²) in [6, 6.07) is -1.26. The quantitative estimate of drug-likeness (QED) is 0.731. The lowest BCUT2D eigenvalue weighted by Crippen LogP contribution is -2.50. The maximum atomic E-state index is 12.5. The first-order valence-electron chi connectivity index (χ1n) is 7.03. The Morgan fingerprint density at radius 1 is 1.38 bits per heavy atom. The molecule has 0 spiro atoms. The monoisotopic (exact) mass is 320 g/mol. The maximum absolute atomic E-state index is 12.5. The van der Waals surface area contributed by atoms with Gasteiger partial charge in [0.1, 0.15) is 6.04 Å². The second-order valence-corrected chi connectivity index (χ2v) is 7.86. The Kier molecular flexibility index (Phi) is 5.75. The summed E-state index contributed by atoms with van der Waals surface area (Å²) in [5.74, 6) is -1.71. The number of likely N-dealkylation sites (tertiary alicyclic amines) is 1. The minimum Gasteiger partial charge on any atom is -0.481 e. The van der Waals surface area contributed by atoms with Gasteiger partial charge in [0.25, 0.3) is 0 Å². The number of sulfonamides is 1. The summed E-state index contributed by atoms with van der Waals surface area (Å²) in [6.45, 7) is 5.84. The molecule has 7 nitrogen and oxygen atoms in total. The van der Waals surface area contributed by atoms with Crippen molar-refractivity contribution in [3.05, 3.63) is 0 Å². The molecule has 1 rings (SSSR count). The average molecular weight is 320 g/mol. The lowest BCUT2D eigenvalue weighted by molar-refractivity contribution is -0.143. The minimum atomic E-state index is -3.50. The Bertz CT molecular complexity index is 503. The lowest BCUT2D eigenvalue weighted by atomic mass is 10.0. The van der Waals surface area contributed by atoms with Gasteiger partial charge in [0, 0.05) is 12.6 Å². The molecule has 21 heavy (non-hydrogen) atoms. The van der Waals surface area contributed by atoms with Crippen LogP contribution in [-0.2, 0) is 19.6 Å². The van der Waals surface area contributed by atoms with Gasteiger partial charge < -0.3 is 10.0 Å². The van der Waals surface area contributed by atoms with E-state index in [1.807, 2.05) is 13.8 Å². The number of aliphatic carboxylic acids is 1. The van der Waals surface area contributed by atoms with E-state index in [4.69, 9.17) is 5.11 Å². The van der Waals surface area contributed by atoms with Crippen LogP contribution in [0.3, 0.4) is 0 Å². The van der Waals surface area contributed by atoms with Gasteiger partial charge in [0.05, 0.1) is 12.2 Å². The maximum Gasteiger partial charge on any atom is 0.308 e. The predicted octanol–water partition coefficient (Wildman–Crippen LogP) is 0.272. The van der Waals surface area contributed by atoms with Gasteiger partial charge in [0.2, 0.25) is 15.9 Å². The molecular formula is C13H24N2O5S. The van der Waals surface area contributed by atoms with E-state index in [0.29, 0.717) is 19.4 Å². The number of nitrogens with zero attached hydrogens (tertiary/aromatic N) is 1. The highest BCUT2D eigenvalue weighted by Crippen LogP contribution is 2.25. The summed E-state index contributed by atoms with van der Waals surface area (Å²) in [6.07, 6.45) is 1.80. The van der Waals surface area contributed by atoms with Crippen LogP contribution in [0.25, 0.3) is 0 Å². The highest BCUT2D eigenvalue weighted by molar-refractivity contribution is 7.88. The molecule has 3 unspecified atom stereocenters. The van der Waals surface area contributed by atoms with E-state index < -0.39 is 34.0 Å². The van der Waals surface area contributed by atoms with Crippen LogP contribution in [0, 0.1) is 11.8 Å². The molecule has 1 aliphatic rings. The van der Waals surface area contributed by atoms with Crippen molar-refractivity contribution in [2.75, 3.05) is 12.8 Å². The number of carbonyl (C=O) groups excluding carboxylic acids is 1. The van der Waals surface area contributed by atoms with Crippen LogP contribution >= 0.6 is 0 Å². The second-order valence-electron chi connectivity index (χ2n) is 6.08. The third-order valence-corrected chi connectivity index (χ3v) is 4.43. The number of nitrogens with one attached hydrogen (secondary N) is 1. The van der Waals surface area contributed by atoms with Gasteiger partial charge in [-0.05, 0) is 25.7 Å². The van der Waals surface area contributed by atoms with Crippen LogP contribution in [0.2, 0.25) is 0 Å². The molecule has 1 amide bonds. The fraction of sp³-hybridized carbons (Fsp3) is 0.846. The molecule has 0 aromatic rings. The number of carboxylic acids is 1. The van der Waals surface area contributed by atoms with E-state index in [9.17, 15) is 18.0 Å². The average Bonchev–Trinajstić information content (AvgIpc) is 2.66. The zero-order valence-electron chi connectivity index (χ0n) is 12.9. The van der Waals surface area contributed by atoms with Gasteiger partial charge in [-0.25, -0.2) is 13.1 Å². The lowest BCUT2D eigenvalue weighted by Gasteiger charge is -2.28. The summed E-state index contributed by atoms with van der Waals surface area (Å²) >= 11 is 0. The summed E-state index contributed by atoms with van der Waals surface area (Å²) < 4.78 is 25.2. The number of carbonyl (C=O) groups is 2. The molecule has 2 N–H and O–H groups in total. The van der Waals surface area contributed by atoms with Crippen molar-refractivity contribution in [1.82, 2.24) is 9.62 Å². The van der Waals surface area contributed by atoms with E-state index in [2.05, 4.69) is 4.72 Å². The van der Waals surface area contributed by atoms with Crippen LogP contribution in [0.15, 0.2) is 0 Å². The topological polar surface area (TPSA) is 104 Å². The number of hydrogen-bond acceptors (Lipinski definition) is 4. The van der Waals surface area contributed by atoms with E-state index >= 15 is 0 Å². The summed E-state index contributed by atoms with van der Waals surface area (Å²) in [5.41, 5.74) is 0. The second kappa shape index (κ2) is 6.74. The van der Waals surface area contributed by atoms with Crippen molar-refractivity contribution in [2.24, 2.45) is 11.8 Å². The molecular weight excluding hydrogens is 296 g/mol. The third kappa shape index (κ3) is 4.96.